The molecule has 4 aromatic rings. The summed E-state index contributed by atoms with van der Waals surface area (Å²) in [6, 6.07) is 9.75. The van der Waals surface area contributed by atoms with Gasteiger partial charge in [-0.3, -0.25) is 9.36 Å². The van der Waals surface area contributed by atoms with E-state index in [9.17, 15) is 4.79 Å². The van der Waals surface area contributed by atoms with Gasteiger partial charge in [0.2, 0.25) is 5.89 Å². The molecule has 0 bridgehead atoms. The molecule has 0 N–H and O–H groups in total. The van der Waals surface area contributed by atoms with E-state index in [1.165, 1.54) is 16.9 Å². The summed E-state index contributed by atoms with van der Waals surface area (Å²) >= 11 is 1.67. The van der Waals surface area contributed by atoms with Crippen LogP contribution in [-0.4, -0.2) is 14.5 Å². The first-order chi connectivity index (χ1) is 12.8. The molecule has 1 aromatic carbocycles. The third kappa shape index (κ3) is 2.57. The zero-order valence-corrected chi connectivity index (χ0v) is 15.0. The Kier molecular flexibility index (Phi) is 3.71. The Balaban J connectivity index is 1.51. The molecule has 5 nitrogen and oxygen atoms in total. The molecule has 0 radical (unpaired) electrons. The van der Waals surface area contributed by atoms with Crippen molar-refractivity contribution in [2.75, 3.05) is 0 Å². The van der Waals surface area contributed by atoms with E-state index in [0.29, 0.717) is 12.4 Å². The molecule has 0 spiro atoms. The number of oxazole rings is 1. The monoisotopic (exact) mass is 363 g/mol. The Bertz CT molecular complexity index is 1140. The van der Waals surface area contributed by atoms with E-state index < -0.39 is 0 Å². The molecule has 0 saturated heterocycles. The first kappa shape index (κ1) is 15.5. The number of benzene rings is 1. The number of fused-ring (bicyclic) bond motifs is 3. The van der Waals surface area contributed by atoms with Crippen LogP contribution in [0.5, 0.6) is 0 Å². The van der Waals surface area contributed by atoms with Crippen LogP contribution in [0.15, 0.2) is 52.1 Å². The van der Waals surface area contributed by atoms with Gasteiger partial charge < -0.3 is 4.42 Å². The van der Waals surface area contributed by atoms with Crippen LogP contribution in [0.2, 0.25) is 0 Å². The Morgan fingerprint density at radius 3 is 2.88 bits per heavy atom. The average Bonchev–Trinajstić information content (AvgIpc) is 3.29. The molecule has 0 fully saturated rings. The van der Waals surface area contributed by atoms with E-state index in [0.717, 1.165) is 40.7 Å². The summed E-state index contributed by atoms with van der Waals surface area (Å²) in [7, 11) is 0. The third-order valence-corrected chi connectivity index (χ3v) is 6.05. The minimum Gasteiger partial charge on any atom is -0.444 e. The van der Waals surface area contributed by atoms with E-state index in [1.807, 2.05) is 30.3 Å². The fourth-order valence-electron chi connectivity index (χ4n) is 3.56. The van der Waals surface area contributed by atoms with Crippen LogP contribution in [0.4, 0.5) is 0 Å². The zero-order valence-electron chi connectivity index (χ0n) is 14.1. The largest absolute Gasteiger partial charge is 0.444 e. The third-order valence-electron chi connectivity index (χ3n) is 4.85. The summed E-state index contributed by atoms with van der Waals surface area (Å²) in [4.78, 5) is 24.3. The number of thiophene rings is 1. The van der Waals surface area contributed by atoms with Crippen LogP contribution < -0.4 is 5.56 Å². The fraction of sp³-hybridized carbons (Fsp3) is 0.250. The van der Waals surface area contributed by atoms with Crippen LogP contribution in [0.3, 0.4) is 0 Å². The number of aryl methyl sites for hydroxylation is 2. The molecule has 0 unspecified atom stereocenters. The molecule has 1 aliphatic carbocycles. The van der Waals surface area contributed by atoms with Crippen LogP contribution in [0, 0.1) is 0 Å². The van der Waals surface area contributed by atoms with E-state index in [1.54, 1.807) is 28.5 Å². The van der Waals surface area contributed by atoms with Crippen molar-refractivity contribution in [3.63, 3.8) is 0 Å². The molecule has 0 amide bonds. The molecule has 0 saturated carbocycles. The van der Waals surface area contributed by atoms with Gasteiger partial charge in [-0.15, -0.1) is 11.3 Å². The van der Waals surface area contributed by atoms with Crippen molar-refractivity contribution in [3.8, 4) is 11.5 Å². The summed E-state index contributed by atoms with van der Waals surface area (Å²) < 4.78 is 7.22. The van der Waals surface area contributed by atoms with E-state index in [2.05, 4.69) is 9.97 Å². The number of nitrogens with zero attached hydrogens (tertiary/aromatic N) is 3. The maximum absolute atomic E-state index is 13.0. The molecule has 3 aromatic heterocycles. The van der Waals surface area contributed by atoms with Gasteiger partial charge in [0.05, 0.1) is 24.0 Å². The summed E-state index contributed by atoms with van der Waals surface area (Å²) in [5.74, 6) is 0.565. The van der Waals surface area contributed by atoms with E-state index >= 15 is 0 Å². The second kappa shape index (κ2) is 6.21. The van der Waals surface area contributed by atoms with Gasteiger partial charge in [-0.1, -0.05) is 18.2 Å². The first-order valence-electron chi connectivity index (χ1n) is 8.79. The highest BCUT2D eigenvalue weighted by Crippen LogP contribution is 2.33. The lowest BCUT2D eigenvalue weighted by Gasteiger charge is -2.10. The van der Waals surface area contributed by atoms with Crippen molar-refractivity contribution in [1.29, 1.82) is 0 Å². The van der Waals surface area contributed by atoms with Crippen LogP contribution in [0.25, 0.3) is 21.7 Å². The molecule has 1 aliphatic rings. The lowest BCUT2D eigenvalue weighted by molar-refractivity contribution is 0.571. The quantitative estimate of drug-likeness (QED) is 0.551. The summed E-state index contributed by atoms with van der Waals surface area (Å²) in [6.07, 6.45) is 7.65. The van der Waals surface area contributed by atoms with Gasteiger partial charge in [0.1, 0.15) is 11.1 Å². The molecule has 26 heavy (non-hydrogen) atoms. The predicted molar refractivity (Wildman–Crippen MR) is 102 cm³/mol. The topological polar surface area (TPSA) is 60.9 Å². The lowest BCUT2D eigenvalue weighted by Crippen LogP contribution is -2.21. The van der Waals surface area contributed by atoms with Gasteiger partial charge in [0.15, 0.2) is 0 Å². The molecule has 5 rings (SSSR count). The highest BCUT2D eigenvalue weighted by Gasteiger charge is 2.20. The minimum absolute atomic E-state index is 0.0265. The van der Waals surface area contributed by atoms with Gasteiger partial charge in [-0.25, -0.2) is 9.97 Å². The van der Waals surface area contributed by atoms with Crippen molar-refractivity contribution >= 4 is 21.6 Å². The van der Waals surface area contributed by atoms with Crippen LogP contribution in [-0.2, 0) is 19.4 Å². The predicted octanol–water partition coefficient (Wildman–Crippen LogP) is 4.04. The summed E-state index contributed by atoms with van der Waals surface area (Å²) in [6.45, 7) is 0.364. The Morgan fingerprint density at radius 2 is 2.00 bits per heavy atom. The number of hydrogen-bond acceptors (Lipinski definition) is 5. The second-order valence-corrected chi connectivity index (χ2v) is 7.66. The molecular weight excluding hydrogens is 346 g/mol. The maximum atomic E-state index is 13.0. The van der Waals surface area contributed by atoms with Gasteiger partial charge in [0.25, 0.3) is 5.56 Å². The standard InChI is InChI=1S/C20H17N3O2S/c24-20-17-15-8-4-5-9-16(15)26-19(17)21-12-23(20)10-14-11-25-18(22-14)13-6-2-1-3-7-13/h1-3,6-7,11-12H,4-5,8-10H2. The normalized spacial score (nSPS) is 13.8. The molecule has 6 heteroatoms. The van der Waals surface area contributed by atoms with Gasteiger partial charge in [-0.2, -0.15) is 0 Å². The summed E-state index contributed by atoms with van der Waals surface area (Å²) in [5, 5.41) is 0.805. The molecule has 0 aliphatic heterocycles. The molecule has 3 heterocycles. The van der Waals surface area contributed by atoms with E-state index in [4.69, 9.17) is 4.42 Å². The van der Waals surface area contributed by atoms with Crippen LogP contribution in [0.1, 0.15) is 29.0 Å². The highest BCUT2D eigenvalue weighted by atomic mass is 32.1. The fourth-order valence-corrected chi connectivity index (χ4v) is 4.78. The molecule has 0 atom stereocenters. The Labute approximate surface area is 154 Å². The van der Waals surface area contributed by atoms with Gasteiger partial charge in [0, 0.05) is 10.4 Å². The van der Waals surface area contributed by atoms with Crippen molar-refractivity contribution in [2.45, 2.75) is 32.2 Å². The maximum Gasteiger partial charge on any atom is 0.262 e. The van der Waals surface area contributed by atoms with E-state index in [-0.39, 0.29) is 5.56 Å². The van der Waals surface area contributed by atoms with Crippen LogP contribution >= 0.6 is 11.3 Å². The second-order valence-electron chi connectivity index (χ2n) is 6.58. The van der Waals surface area contributed by atoms with Crippen molar-refractivity contribution < 1.29 is 4.42 Å². The number of aromatic nitrogens is 3. The van der Waals surface area contributed by atoms with Gasteiger partial charge in [-0.05, 0) is 43.4 Å². The number of hydrogen-bond donors (Lipinski definition) is 0. The average molecular weight is 363 g/mol. The van der Waals surface area contributed by atoms with Crippen molar-refractivity contribution in [2.24, 2.45) is 0 Å². The Hall–Kier alpha value is -2.73. The Morgan fingerprint density at radius 1 is 1.15 bits per heavy atom. The SMILES string of the molecule is O=c1c2c3c(sc2ncn1Cc1coc(-c2ccccc2)n1)CCCC3. The highest BCUT2D eigenvalue weighted by molar-refractivity contribution is 7.18. The summed E-state index contributed by atoms with van der Waals surface area (Å²) in [5.41, 5.74) is 2.88. The number of rotatable bonds is 3. The van der Waals surface area contributed by atoms with Gasteiger partial charge >= 0.3 is 0 Å². The zero-order chi connectivity index (χ0) is 17.5. The molecule has 130 valence electrons. The van der Waals surface area contributed by atoms with Crippen molar-refractivity contribution in [3.05, 3.63) is 69.4 Å². The first-order valence-corrected chi connectivity index (χ1v) is 9.61. The molecular formula is C20H17N3O2S. The smallest absolute Gasteiger partial charge is 0.262 e. The minimum atomic E-state index is 0.0265. The lowest BCUT2D eigenvalue weighted by atomic mass is 9.97. The van der Waals surface area contributed by atoms with Crippen molar-refractivity contribution in [1.82, 2.24) is 14.5 Å².